The molecule has 13 heavy (non-hydrogen) atoms. The van der Waals surface area contributed by atoms with Crippen molar-refractivity contribution in [3.05, 3.63) is 35.9 Å². The number of isocyanates is 1. The minimum Gasteiger partial charge on any atom is -0.301 e. The number of nitrogens with zero attached hydrogens (tertiary/aromatic N) is 1. The van der Waals surface area contributed by atoms with Crippen LogP contribution in [0.25, 0.3) is 0 Å². The molecule has 0 saturated heterocycles. The van der Waals surface area contributed by atoms with E-state index in [9.17, 15) is 9.59 Å². The van der Waals surface area contributed by atoms with Crippen molar-refractivity contribution >= 4 is 12.4 Å². The van der Waals surface area contributed by atoms with Gasteiger partial charge in [-0.2, -0.15) is 4.99 Å². The smallest absolute Gasteiger partial charge is 0.235 e. The Morgan fingerprint density at radius 1 is 1.38 bits per heavy atom. The Kier molecular flexibility index (Phi) is 3.61. The summed E-state index contributed by atoms with van der Waals surface area (Å²) in [4.78, 5) is 23.7. The molecule has 0 amide bonds. The first-order chi connectivity index (χ1) is 6.36. The van der Waals surface area contributed by atoms with Crippen molar-refractivity contribution in [2.75, 3.05) is 0 Å². The van der Waals surface area contributed by atoms with Crippen LogP contribution in [0.15, 0.2) is 35.3 Å². The molecule has 1 rings (SSSR count). The number of carbonyl (C=O) groups excluding carboxylic acids is 2. The van der Waals surface area contributed by atoms with Crippen LogP contribution >= 0.6 is 0 Å². The molecule has 0 bridgehead atoms. The van der Waals surface area contributed by atoms with E-state index in [2.05, 4.69) is 4.99 Å². The molecule has 0 radical (unpaired) electrons. The maximum atomic E-state index is 10.4. The Hall–Kier alpha value is -1.73. The molecule has 0 unspecified atom stereocenters. The third-order valence-electron chi connectivity index (χ3n) is 1.66. The molecule has 0 spiro atoms. The molecule has 0 N–H and O–H groups in total. The minimum absolute atomic E-state index is 0.458. The van der Waals surface area contributed by atoms with E-state index in [1.165, 1.54) is 6.08 Å². The lowest BCUT2D eigenvalue weighted by molar-refractivity contribution is -0.108. The number of benzene rings is 1. The maximum absolute atomic E-state index is 10.4. The van der Waals surface area contributed by atoms with Crippen LogP contribution in [-0.4, -0.2) is 18.4 Å². The Morgan fingerprint density at radius 3 is 2.62 bits per heavy atom. The quantitative estimate of drug-likeness (QED) is 0.391. The van der Waals surface area contributed by atoms with Gasteiger partial charge in [-0.1, -0.05) is 30.3 Å². The second kappa shape index (κ2) is 5.01. The number of hydrogen-bond donors (Lipinski definition) is 0. The number of aldehydes is 1. The molecule has 3 heteroatoms. The van der Waals surface area contributed by atoms with Crippen LogP contribution in [0.3, 0.4) is 0 Å². The summed E-state index contributed by atoms with van der Waals surface area (Å²) in [6.07, 6.45) is 2.49. The lowest BCUT2D eigenvalue weighted by Crippen LogP contribution is -2.09. The predicted molar refractivity (Wildman–Crippen MR) is 48.1 cm³/mol. The molecule has 0 saturated carbocycles. The SMILES string of the molecule is O=C=N[C@H](C=O)Cc1ccccc1. The average Bonchev–Trinajstić information content (AvgIpc) is 2.19. The van der Waals surface area contributed by atoms with Crippen LogP contribution in [0.5, 0.6) is 0 Å². The molecule has 0 aliphatic carbocycles. The van der Waals surface area contributed by atoms with Gasteiger partial charge in [-0.15, -0.1) is 0 Å². The molecule has 0 fully saturated rings. The van der Waals surface area contributed by atoms with Crippen LogP contribution in [0.1, 0.15) is 5.56 Å². The van der Waals surface area contributed by atoms with Crippen molar-refractivity contribution in [2.24, 2.45) is 4.99 Å². The minimum atomic E-state index is -0.597. The highest BCUT2D eigenvalue weighted by Gasteiger charge is 2.04. The van der Waals surface area contributed by atoms with Gasteiger partial charge in [-0.3, -0.25) is 0 Å². The standard InChI is InChI=1S/C10H9NO2/c12-7-10(11-8-13)6-9-4-2-1-3-5-9/h1-5,7,10H,6H2/t10-/m0/s1. The first-order valence-corrected chi connectivity index (χ1v) is 3.93. The van der Waals surface area contributed by atoms with Crippen molar-refractivity contribution in [1.82, 2.24) is 0 Å². The Bertz CT molecular complexity index is 315. The van der Waals surface area contributed by atoms with Crippen LogP contribution in [-0.2, 0) is 16.0 Å². The fourth-order valence-corrected chi connectivity index (χ4v) is 1.05. The van der Waals surface area contributed by atoms with E-state index < -0.39 is 6.04 Å². The van der Waals surface area contributed by atoms with E-state index in [0.29, 0.717) is 12.7 Å². The lowest BCUT2D eigenvalue weighted by Gasteiger charge is -2.01. The molecule has 0 heterocycles. The third kappa shape index (κ3) is 3.01. The van der Waals surface area contributed by atoms with E-state index >= 15 is 0 Å². The second-order valence-corrected chi connectivity index (χ2v) is 2.61. The molecule has 66 valence electrons. The van der Waals surface area contributed by atoms with Gasteiger partial charge >= 0.3 is 0 Å². The largest absolute Gasteiger partial charge is 0.301 e. The number of hydrogen-bond acceptors (Lipinski definition) is 3. The van der Waals surface area contributed by atoms with E-state index in [1.54, 1.807) is 0 Å². The molecule has 0 aliphatic rings. The van der Waals surface area contributed by atoms with Gasteiger partial charge in [0, 0.05) is 6.42 Å². The molecule has 1 aromatic rings. The molecule has 0 aliphatic heterocycles. The van der Waals surface area contributed by atoms with Gasteiger partial charge in [0.15, 0.2) is 0 Å². The fraction of sp³-hybridized carbons (Fsp3) is 0.200. The first kappa shape index (κ1) is 9.36. The van der Waals surface area contributed by atoms with Crippen LogP contribution in [0, 0.1) is 0 Å². The monoisotopic (exact) mass is 175 g/mol. The number of carbonyl (C=O) groups is 1. The number of rotatable bonds is 4. The van der Waals surface area contributed by atoms with Crippen LogP contribution in [0.4, 0.5) is 0 Å². The summed E-state index contributed by atoms with van der Waals surface area (Å²) in [5, 5.41) is 0. The molecule has 0 aromatic heterocycles. The second-order valence-electron chi connectivity index (χ2n) is 2.61. The van der Waals surface area contributed by atoms with E-state index in [0.717, 1.165) is 5.56 Å². The summed E-state index contributed by atoms with van der Waals surface area (Å²) >= 11 is 0. The molecule has 1 atom stereocenters. The van der Waals surface area contributed by atoms with Gasteiger partial charge in [0.25, 0.3) is 0 Å². The van der Waals surface area contributed by atoms with Crippen LogP contribution in [0.2, 0.25) is 0 Å². The van der Waals surface area contributed by atoms with E-state index in [-0.39, 0.29) is 0 Å². The van der Waals surface area contributed by atoms with Gasteiger partial charge in [-0.05, 0) is 5.56 Å². The normalized spacial score (nSPS) is 11.4. The van der Waals surface area contributed by atoms with Gasteiger partial charge in [0.1, 0.15) is 12.3 Å². The predicted octanol–water partition coefficient (Wildman–Crippen LogP) is 1.13. The zero-order valence-corrected chi connectivity index (χ0v) is 7.01. The summed E-state index contributed by atoms with van der Waals surface area (Å²) in [5.41, 5.74) is 0.985. The summed E-state index contributed by atoms with van der Waals surface area (Å²) in [5.74, 6) is 0. The zero-order chi connectivity index (χ0) is 9.52. The van der Waals surface area contributed by atoms with Gasteiger partial charge in [0.05, 0.1) is 0 Å². The summed E-state index contributed by atoms with van der Waals surface area (Å²) in [6, 6.07) is 8.82. The van der Waals surface area contributed by atoms with Crippen LogP contribution < -0.4 is 0 Å². The highest BCUT2D eigenvalue weighted by Crippen LogP contribution is 2.03. The highest BCUT2D eigenvalue weighted by atomic mass is 16.1. The van der Waals surface area contributed by atoms with Gasteiger partial charge in [-0.25, -0.2) is 4.79 Å². The zero-order valence-electron chi connectivity index (χ0n) is 7.01. The Labute approximate surface area is 76.1 Å². The Balaban J connectivity index is 2.67. The average molecular weight is 175 g/mol. The van der Waals surface area contributed by atoms with Crippen molar-refractivity contribution in [3.63, 3.8) is 0 Å². The molecule has 3 nitrogen and oxygen atoms in total. The summed E-state index contributed by atoms with van der Waals surface area (Å²) in [6.45, 7) is 0. The third-order valence-corrected chi connectivity index (χ3v) is 1.66. The van der Waals surface area contributed by atoms with Gasteiger partial charge in [0.2, 0.25) is 6.08 Å². The maximum Gasteiger partial charge on any atom is 0.235 e. The lowest BCUT2D eigenvalue weighted by atomic mass is 10.1. The van der Waals surface area contributed by atoms with Crippen molar-refractivity contribution in [2.45, 2.75) is 12.5 Å². The van der Waals surface area contributed by atoms with Crippen molar-refractivity contribution < 1.29 is 9.59 Å². The topological polar surface area (TPSA) is 46.5 Å². The van der Waals surface area contributed by atoms with E-state index in [1.807, 2.05) is 30.3 Å². The van der Waals surface area contributed by atoms with E-state index in [4.69, 9.17) is 0 Å². The van der Waals surface area contributed by atoms with Gasteiger partial charge < -0.3 is 4.79 Å². The molecular formula is C10H9NO2. The van der Waals surface area contributed by atoms with Crippen molar-refractivity contribution in [1.29, 1.82) is 0 Å². The first-order valence-electron chi connectivity index (χ1n) is 3.93. The number of aliphatic imine (C=N–C) groups is 1. The Morgan fingerprint density at radius 2 is 2.08 bits per heavy atom. The van der Waals surface area contributed by atoms with Crippen molar-refractivity contribution in [3.8, 4) is 0 Å². The highest BCUT2D eigenvalue weighted by molar-refractivity contribution is 5.60. The molecule has 1 aromatic carbocycles. The fourth-order valence-electron chi connectivity index (χ4n) is 1.05. The molecular weight excluding hydrogens is 166 g/mol. The summed E-state index contributed by atoms with van der Waals surface area (Å²) in [7, 11) is 0. The summed E-state index contributed by atoms with van der Waals surface area (Å²) < 4.78 is 0.